The van der Waals surface area contributed by atoms with Gasteiger partial charge in [-0.25, -0.2) is 0 Å². The van der Waals surface area contributed by atoms with Crippen LogP contribution in [0.3, 0.4) is 0 Å². The van der Waals surface area contributed by atoms with E-state index in [9.17, 15) is 4.79 Å². The summed E-state index contributed by atoms with van der Waals surface area (Å²) in [6, 6.07) is 20.3. The third-order valence-electron chi connectivity index (χ3n) is 4.96. The number of carbonyl (C=O) groups is 1. The van der Waals surface area contributed by atoms with Crippen molar-refractivity contribution in [2.24, 2.45) is 0 Å². The Morgan fingerprint density at radius 2 is 1.74 bits per heavy atom. The molecule has 0 spiro atoms. The minimum atomic E-state index is 0.000159. The van der Waals surface area contributed by atoms with Crippen LogP contribution >= 0.6 is 0 Å². The van der Waals surface area contributed by atoms with Crippen molar-refractivity contribution in [1.29, 1.82) is 0 Å². The molecule has 0 saturated carbocycles. The lowest BCUT2D eigenvalue weighted by molar-refractivity contribution is -0.117. The summed E-state index contributed by atoms with van der Waals surface area (Å²) in [5, 5.41) is 7.56. The minimum Gasteiger partial charge on any atom is -0.376 e. The van der Waals surface area contributed by atoms with Crippen LogP contribution in [0, 0.1) is 6.92 Å². The molecule has 2 heterocycles. The largest absolute Gasteiger partial charge is 0.376 e. The lowest BCUT2D eigenvalue weighted by Crippen LogP contribution is -2.25. The van der Waals surface area contributed by atoms with E-state index in [1.165, 1.54) is 5.56 Å². The molecular formula is C22H23N3O2. The number of fused-ring (bicyclic) bond motifs is 1. The molecule has 27 heavy (non-hydrogen) atoms. The van der Waals surface area contributed by atoms with Gasteiger partial charge < -0.3 is 10.1 Å². The molecule has 5 nitrogen and oxygen atoms in total. The van der Waals surface area contributed by atoms with Gasteiger partial charge >= 0.3 is 0 Å². The van der Waals surface area contributed by atoms with E-state index in [0.29, 0.717) is 32.0 Å². The van der Waals surface area contributed by atoms with Crippen LogP contribution < -0.4 is 5.32 Å². The lowest BCUT2D eigenvalue weighted by Gasteiger charge is -2.22. The quantitative estimate of drug-likeness (QED) is 0.725. The normalized spacial score (nSPS) is 16.0. The van der Waals surface area contributed by atoms with Crippen LogP contribution in [-0.2, 0) is 22.7 Å². The Labute approximate surface area is 159 Å². The second-order valence-corrected chi connectivity index (χ2v) is 6.94. The van der Waals surface area contributed by atoms with Crippen molar-refractivity contribution in [3.8, 4) is 0 Å². The Hall–Kier alpha value is -2.92. The molecule has 0 aliphatic carbocycles. The predicted molar refractivity (Wildman–Crippen MR) is 105 cm³/mol. The first-order valence-corrected chi connectivity index (χ1v) is 9.23. The van der Waals surface area contributed by atoms with E-state index in [1.54, 1.807) is 0 Å². The summed E-state index contributed by atoms with van der Waals surface area (Å²) in [4.78, 5) is 12.1. The first-order valence-electron chi connectivity index (χ1n) is 9.23. The molecule has 1 N–H and O–H groups in total. The van der Waals surface area contributed by atoms with Crippen LogP contribution in [0.4, 0.5) is 5.82 Å². The number of nitrogens with zero attached hydrogens (tertiary/aromatic N) is 2. The standard InChI is InChI=1S/C22H23N3O2/c1-16-21-19(15-27-14-18-10-6-3-7-11-18)12-20(26)23-22(21)24-25(16)13-17-8-4-2-5-9-17/h2-11,19H,12-15H2,1H3,(H,23,24,26). The molecule has 0 radical (unpaired) electrons. The molecular weight excluding hydrogens is 338 g/mol. The number of rotatable bonds is 6. The molecule has 1 aromatic heterocycles. The number of hydrogen-bond acceptors (Lipinski definition) is 3. The summed E-state index contributed by atoms with van der Waals surface area (Å²) in [5.74, 6) is 0.704. The number of ether oxygens (including phenoxy) is 1. The van der Waals surface area contributed by atoms with Crippen LogP contribution in [0.1, 0.15) is 34.7 Å². The Bertz CT molecular complexity index is 919. The number of nitrogens with one attached hydrogen (secondary N) is 1. The molecule has 4 rings (SSSR count). The van der Waals surface area contributed by atoms with Crippen LogP contribution in [0.5, 0.6) is 0 Å². The molecule has 1 unspecified atom stereocenters. The van der Waals surface area contributed by atoms with Crippen molar-refractivity contribution in [3.05, 3.63) is 83.0 Å². The maximum absolute atomic E-state index is 12.1. The summed E-state index contributed by atoms with van der Waals surface area (Å²) < 4.78 is 7.90. The highest BCUT2D eigenvalue weighted by Gasteiger charge is 2.30. The van der Waals surface area contributed by atoms with Crippen molar-refractivity contribution in [1.82, 2.24) is 9.78 Å². The van der Waals surface area contributed by atoms with Crippen molar-refractivity contribution in [2.45, 2.75) is 32.4 Å². The van der Waals surface area contributed by atoms with Gasteiger partial charge in [0.15, 0.2) is 5.82 Å². The Morgan fingerprint density at radius 3 is 2.44 bits per heavy atom. The number of anilines is 1. The van der Waals surface area contributed by atoms with Gasteiger partial charge in [0.25, 0.3) is 0 Å². The lowest BCUT2D eigenvalue weighted by atomic mass is 9.93. The predicted octanol–water partition coefficient (Wildman–Crippen LogP) is 3.88. The fraction of sp³-hybridized carbons (Fsp3) is 0.273. The first kappa shape index (κ1) is 17.5. The van der Waals surface area contributed by atoms with Crippen LogP contribution in [-0.4, -0.2) is 22.3 Å². The maximum atomic E-state index is 12.1. The SMILES string of the molecule is Cc1c2c(nn1Cc1ccccc1)NC(=O)CC2COCc1ccccc1. The molecule has 5 heteroatoms. The van der Waals surface area contributed by atoms with Crippen molar-refractivity contribution < 1.29 is 9.53 Å². The van der Waals surface area contributed by atoms with Crippen molar-refractivity contribution in [3.63, 3.8) is 0 Å². The first-order chi connectivity index (χ1) is 13.2. The highest BCUT2D eigenvalue weighted by atomic mass is 16.5. The van der Waals surface area contributed by atoms with Gasteiger partial charge in [0.2, 0.25) is 5.91 Å². The molecule has 1 aliphatic heterocycles. The van der Waals surface area contributed by atoms with E-state index < -0.39 is 0 Å². The van der Waals surface area contributed by atoms with Gasteiger partial charge in [-0.2, -0.15) is 5.10 Å². The highest BCUT2D eigenvalue weighted by Crippen LogP contribution is 2.34. The summed E-state index contributed by atoms with van der Waals surface area (Å²) in [6.07, 6.45) is 0.430. The van der Waals surface area contributed by atoms with Gasteiger partial charge in [0.05, 0.1) is 19.8 Å². The number of hydrogen-bond donors (Lipinski definition) is 1. The number of amides is 1. The molecule has 1 atom stereocenters. The number of carbonyl (C=O) groups excluding carboxylic acids is 1. The molecule has 3 aromatic rings. The van der Waals surface area contributed by atoms with Gasteiger partial charge in [-0.15, -0.1) is 0 Å². The van der Waals surface area contributed by atoms with Crippen molar-refractivity contribution in [2.75, 3.05) is 11.9 Å². The molecule has 0 fully saturated rings. The summed E-state index contributed by atoms with van der Waals surface area (Å²) >= 11 is 0. The fourth-order valence-electron chi connectivity index (χ4n) is 3.60. The van der Waals surface area contributed by atoms with Crippen LogP contribution in [0.25, 0.3) is 0 Å². The summed E-state index contributed by atoms with van der Waals surface area (Å²) in [7, 11) is 0. The van der Waals surface area contributed by atoms with E-state index in [2.05, 4.69) is 29.5 Å². The Kier molecular flexibility index (Phi) is 5.03. The number of benzene rings is 2. The van der Waals surface area contributed by atoms with E-state index in [0.717, 1.165) is 16.8 Å². The van der Waals surface area contributed by atoms with E-state index in [4.69, 9.17) is 4.74 Å². The fourth-order valence-corrected chi connectivity index (χ4v) is 3.60. The molecule has 138 valence electrons. The van der Waals surface area contributed by atoms with Gasteiger partial charge in [0, 0.05) is 23.6 Å². The van der Waals surface area contributed by atoms with Gasteiger partial charge in [-0.05, 0) is 18.1 Å². The monoisotopic (exact) mass is 361 g/mol. The van der Waals surface area contributed by atoms with E-state index in [-0.39, 0.29) is 11.8 Å². The van der Waals surface area contributed by atoms with E-state index in [1.807, 2.05) is 53.2 Å². The average molecular weight is 361 g/mol. The molecule has 0 bridgehead atoms. The summed E-state index contributed by atoms with van der Waals surface area (Å²) in [6.45, 7) is 3.81. The highest BCUT2D eigenvalue weighted by molar-refractivity contribution is 5.93. The van der Waals surface area contributed by atoms with Gasteiger partial charge in [0.1, 0.15) is 0 Å². The third-order valence-corrected chi connectivity index (χ3v) is 4.96. The Balaban J connectivity index is 1.51. The second kappa shape index (κ2) is 7.76. The smallest absolute Gasteiger partial charge is 0.226 e. The molecule has 0 saturated heterocycles. The van der Waals surface area contributed by atoms with E-state index >= 15 is 0 Å². The van der Waals surface area contributed by atoms with Gasteiger partial charge in [-0.1, -0.05) is 60.7 Å². The van der Waals surface area contributed by atoms with Crippen LogP contribution in [0.15, 0.2) is 60.7 Å². The topological polar surface area (TPSA) is 56.2 Å². The zero-order valence-electron chi connectivity index (χ0n) is 15.4. The van der Waals surface area contributed by atoms with Gasteiger partial charge in [-0.3, -0.25) is 9.48 Å². The second-order valence-electron chi connectivity index (χ2n) is 6.94. The molecule has 1 aliphatic rings. The zero-order chi connectivity index (χ0) is 18.6. The number of aromatic nitrogens is 2. The Morgan fingerprint density at radius 1 is 1.07 bits per heavy atom. The molecule has 1 amide bonds. The average Bonchev–Trinajstić information content (AvgIpc) is 2.98. The molecule has 2 aromatic carbocycles. The van der Waals surface area contributed by atoms with Crippen molar-refractivity contribution >= 4 is 11.7 Å². The maximum Gasteiger partial charge on any atom is 0.226 e. The third kappa shape index (κ3) is 3.93. The van der Waals surface area contributed by atoms with Crippen LogP contribution in [0.2, 0.25) is 0 Å². The summed E-state index contributed by atoms with van der Waals surface area (Å²) in [5.41, 5.74) is 4.50. The zero-order valence-corrected chi connectivity index (χ0v) is 15.4. The minimum absolute atomic E-state index is 0.000159.